The van der Waals surface area contributed by atoms with Crippen LogP contribution in [0.1, 0.15) is 29.4 Å². The van der Waals surface area contributed by atoms with Crippen molar-refractivity contribution in [2.75, 3.05) is 0 Å². The number of aryl methyl sites for hydroxylation is 3. The van der Waals surface area contributed by atoms with E-state index in [1.165, 1.54) is 23.0 Å². The Morgan fingerprint density at radius 1 is 1.19 bits per heavy atom. The zero-order valence-corrected chi connectivity index (χ0v) is 17.2. The third kappa shape index (κ3) is 4.23. The largest absolute Gasteiger partial charge is 0.342 e. The van der Waals surface area contributed by atoms with E-state index in [4.69, 9.17) is 0 Å². The van der Waals surface area contributed by atoms with Crippen LogP contribution in [0, 0.1) is 12.7 Å². The molecular formula is C23H22FN5O2. The zero-order valence-electron chi connectivity index (χ0n) is 17.2. The lowest BCUT2D eigenvalue weighted by molar-refractivity contribution is -0.121. The Morgan fingerprint density at radius 3 is 2.74 bits per heavy atom. The third-order valence-electron chi connectivity index (χ3n) is 5.24. The average molecular weight is 419 g/mol. The molecule has 2 aromatic carbocycles. The van der Waals surface area contributed by atoms with Gasteiger partial charge in [0.1, 0.15) is 17.7 Å². The fourth-order valence-corrected chi connectivity index (χ4v) is 3.59. The van der Waals surface area contributed by atoms with Gasteiger partial charge in [-0.05, 0) is 36.2 Å². The summed E-state index contributed by atoms with van der Waals surface area (Å²) < 4.78 is 17.0. The molecule has 0 saturated carbocycles. The number of amides is 1. The molecule has 1 unspecified atom stereocenters. The fourth-order valence-electron chi connectivity index (χ4n) is 3.59. The van der Waals surface area contributed by atoms with Crippen LogP contribution in [0.2, 0.25) is 0 Å². The number of benzene rings is 2. The maximum Gasteiger partial charge on any atom is 0.261 e. The summed E-state index contributed by atoms with van der Waals surface area (Å²) in [6.45, 7) is 2.08. The number of imidazole rings is 1. The Balaban J connectivity index is 1.54. The number of halogens is 1. The smallest absolute Gasteiger partial charge is 0.261 e. The molecule has 2 heterocycles. The van der Waals surface area contributed by atoms with Gasteiger partial charge in [0.25, 0.3) is 5.56 Å². The van der Waals surface area contributed by atoms with E-state index in [9.17, 15) is 14.0 Å². The van der Waals surface area contributed by atoms with E-state index in [1.807, 2.05) is 26.1 Å². The highest BCUT2D eigenvalue weighted by molar-refractivity contribution is 5.80. The van der Waals surface area contributed by atoms with Gasteiger partial charge in [0, 0.05) is 32.4 Å². The van der Waals surface area contributed by atoms with Gasteiger partial charge in [-0.2, -0.15) is 0 Å². The molecule has 0 aliphatic heterocycles. The molecule has 0 aliphatic rings. The predicted molar refractivity (Wildman–Crippen MR) is 115 cm³/mol. The van der Waals surface area contributed by atoms with Crippen LogP contribution in [-0.4, -0.2) is 25.0 Å². The summed E-state index contributed by atoms with van der Waals surface area (Å²) in [5, 5.41) is 3.44. The molecule has 7 nitrogen and oxygen atoms in total. The fraction of sp³-hybridized carbons (Fsp3) is 0.217. The minimum absolute atomic E-state index is 0.0646. The normalized spacial score (nSPS) is 12.1. The molecule has 4 rings (SSSR count). The Kier molecular flexibility index (Phi) is 5.62. The molecule has 0 fully saturated rings. The molecule has 0 saturated heterocycles. The van der Waals surface area contributed by atoms with Crippen LogP contribution in [0.4, 0.5) is 4.39 Å². The van der Waals surface area contributed by atoms with Crippen molar-refractivity contribution in [2.45, 2.75) is 25.9 Å². The number of carbonyl (C=O) groups excluding carboxylic acids is 1. The summed E-state index contributed by atoms with van der Waals surface area (Å²) in [5.41, 5.74) is 1.98. The molecule has 4 aromatic rings. The lowest BCUT2D eigenvalue weighted by Crippen LogP contribution is -2.32. The molecule has 0 bridgehead atoms. The zero-order chi connectivity index (χ0) is 22.0. The van der Waals surface area contributed by atoms with Gasteiger partial charge in [0.05, 0.1) is 17.2 Å². The third-order valence-corrected chi connectivity index (χ3v) is 5.24. The van der Waals surface area contributed by atoms with Gasteiger partial charge >= 0.3 is 0 Å². The quantitative estimate of drug-likeness (QED) is 0.521. The second-order valence-corrected chi connectivity index (χ2v) is 7.42. The van der Waals surface area contributed by atoms with Gasteiger partial charge in [-0.3, -0.25) is 14.2 Å². The number of aromatic nitrogens is 4. The number of para-hydroxylation sites is 1. The number of hydrogen-bond acceptors (Lipinski definition) is 4. The van der Waals surface area contributed by atoms with E-state index < -0.39 is 11.9 Å². The van der Waals surface area contributed by atoms with Crippen LogP contribution in [-0.2, 0) is 18.4 Å². The van der Waals surface area contributed by atoms with Gasteiger partial charge in [0.2, 0.25) is 5.91 Å². The van der Waals surface area contributed by atoms with Gasteiger partial charge in [-0.1, -0.05) is 24.3 Å². The van der Waals surface area contributed by atoms with Crippen molar-refractivity contribution in [1.29, 1.82) is 0 Å². The molecule has 1 amide bonds. The van der Waals surface area contributed by atoms with E-state index in [2.05, 4.69) is 15.3 Å². The minimum atomic E-state index is -0.614. The van der Waals surface area contributed by atoms with Crippen LogP contribution in [0.25, 0.3) is 10.9 Å². The highest BCUT2D eigenvalue weighted by Gasteiger charge is 2.21. The number of carbonyl (C=O) groups is 1. The van der Waals surface area contributed by atoms with Crippen LogP contribution < -0.4 is 10.9 Å². The first kappa shape index (κ1) is 20.5. The average Bonchev–Trinajstić information content (AvgIpc) is 3.17. The maximum atomic E-state index is 13.8. The van der Waals surface area contributed by atoms with E-state index in [0.717, 1.165) is 5.56 Å². The van der Waals surface area contributed by atoms with Crippen molar-refractivity contribution in [1.82, 2.24) is 24.4 Å². The van der Waals surface area contributed by atoms with Crippen LogP contribution in [0.5, 0.6) is 0 Å². The van der Waals surface area contributed by atoms with Gasteiger partial charge in [0.15, 0.2) is 0 Å². The van der Waals surface area contributed by atoms with E-state index in [1.54, 1.807) is 35.2 Å². The van der Waals surface area contributed by atoms with Crippen molar-refractivity contribution in [2.24, 2.45) is 7.05 Å². The van der Waals surface area contributed by atoms with Crippen LogP contribution >= 0.6 is 0 Å². The Bertz CT molecular complexity index is 1310. The molecule has 0 spiro atoms. The molecule has 8 heteroatoms. The SMILES string of the molecule is Cc1cccc2c(=O)n(CCC(=O)NC(c3cccc(F)c3)c3nccn3C)cnc12. The number of hydrogen-bond donors (Lipinski definition) is 1. The van der Waals surface area contributed by atoms with E-state index in [-0.39, 0.29) is 24.4 Å². The molecule has 0 radical (unpaired) electrons. The van der Waals surface area contributed by atoms with Crippen molar-refractivity contribution in [3.05, 3.63) is 94.3 Å². The van der Waals surface area contributed by atoms with Crippen molar-refractivity contribution in [3.63, 3.8) is 0 Å². The predicted octanol–water partition coefficient (Wildman–Crippen LogP) is 2.87. The van der Waals surface area contributed by atoms with Crippen molar-refractivity contribution in [3.8, 4) is 0 Å². The van der Waals surface area contributed by atoms with Crippen molar-refractivity contribution >= 4 is 16.8 Å². The first-order chi connectivity index (χ1) is 14.9. The molecule has 31 heavy (non-hydrogen) atoms. The second-order valence-electron chi connectivity index (χ2n) is 7.42. The molecule has 1 N–H and O–H groups in total. The lowest BCUT2D eigenvalue weighted by atomic mass is 10.1. The number of rotatable bonds is 6. The highest BCUT2D eigenvalue weighted by Crippen LogP contribution is 2.21. The Labute approximate surface area is 178 Å². The highest BCUT2D eigenvalue weighted by atomic mass is 19.1. The monoisotopic (exact) mass is 419 g/mol. The molecular weight excluding hydrogens is 397 g/mol. The topological polar surface area (TPSA) is 81.8 Å². The van der Waals surface area contributed by atoms with Gasteiger partial charge in [-0.25, -0.2) is 14.4 Å². The van der Waals surface area contributed by atoms with Crippen LogP contribution in [0.3, 0.4) is 0 Å². The lowest BCUT2D eigenvalue weighted by Gasteiger charge is -2.19. The van der Waals surface area contributed by atoms with Gasteiger partial charge in [-0.15, -0.1) is 0 Å². The minimum Gasteiger partial charge on any atom is -0.342 e. The molecule has 0 aliphatic carbocycles. The number of nitrogens with zero attached hydrogens (tertiary/aromatic N) is 4. The van der Waals surface area contributed by atoms with E-state index in [0.29, 0.717) is 22.3 Å². The summed E-state index contributed by atoms with van der Waals surface area (Å²) in [4.78, 5) is 34.2. The number of fused-ring (bicyclic) bond motifs is 1. The summed E-state index contributed by atoms with van der Waals surface area (Å²) >= 11 is 0. The van der Waals surface area contributed by atoms with E-state index >= 15 is 0 Å². The summed E-state index contributed by atoms with van der Waals surface area (Å²) in [6, 6.07) is 10.9. The summed E-state index contributed by atoms with van der Waals surface area (Å²) in [5.74, 6) is -0.0949. The Morgan fingerprint density at radius 2 is 2.00 bits per heavy atom. The standard InChI is InChI=1S/C23H22FN5O2/c1-15-5-3-8-18-20(15)26-14-29(23(18)31)11-9-19(30)27-21(22-25-10-12-28(22)2)16-6-4-7-17(24)13-16/h3-8,10,12-14,21H,9,11H2,1-2H3,(H,27,30). The molecule has 158 valence electrons. The summed E-state index contributed by atoms with van der Waals surface area (Å²) in [7, 11) is 1.81. The second kappa shape index (κ2) is 8.51. The van der Waals surface area contributed by atoms with Gasteiger partial charge < -0.3 is 9.88 Å². The first-order valence-electron chi connectivity index (χ1n) is 9.91. The van der Waals surface area contributed by atoms with Crippen molar-refractivity contribution < 1.29 is 9.18 Å². The first-order valence-corrected chi connectivity index (χ1v) is 9.91. The summed E-state index contributed by atoms with van der Waals surface area (Å²) in [6.07, 6.45) is 4.91. The Hall–Kier alpha value is -3.81. The maximum absolute atomic E-state index is 13.8. The molecule has 2 aromatic heterocycles. The number of nitrogens with one attached hydrogen (secondary N) is 1. The molecule has 1 atom stereocenters. The van der Waals surface area contributed by atoms with Crippen LogP contribution in [0.15, 0.2) is 66.0 Å².